The maximum absolute atomic E-state index is 12.9. The van der Waals surface area contributed by atoms with Crippen molar-refractivity contribution in [3.63, 3.8) is 0 Å². The molecule has 3 aliphatic rings. The molecule has 152 valence electrons. The van der Waals surface area contributed by atoms with Gasteiger partial charge >= 0.3 is 5.97 Å². The van der Waals surface area contributed by atoms with Crippen molar-refractivity contribution in [2.45, 2.75) is 25.8 Å². The molecule has 0 aliphatic carbocycles. The summed E-state index contributed by atoms with van der Waals surface area (Å²) in [6, 6.07) is 3.08. The second-order valence-electron chi connectivity index (χ2n) is 7.08. The largest absolute Gasteiger partial charge is 0.494 e. The summed E-state index contributed by atoms with van der Waals surface area (Å²) in [7, 11) is 1.41. The molecule has 0 spiro atoms. The Kier molecular flexibility index (Phi) is 6.41. The van der Waals surface area contributed by atoms with Crippen molar-refractivity contribution < 1.29 is 23.9 Å². The molecular weight excluding hydrogens is 386 g/mol. The summed E-state index contributed by atoms with van der Waals surface area (Å²) in [6.07, 6.45) is 2.16. The SMILES string of the molecule is COc1c(NC(=O)COC(C)=O)cc(Cl)cc1C(=O)NC1CN2CCC1CC2. The summed E-state index contributed by atoms with van der Waals surface area (Å²) >= 11 is 6.16. The molecule has 1 aromatic carbocycles. The first kappa shape index (κ1) is 20.4. The number of anilines is 1. The van der Waals surface area contributed by atoms with Crippen LogP contribution >= 0.6 is 11.6 Å². The van der Waals surface area contributed by atoms with Gasteiger partial charge in [-0.25, -0.2) is 0 Å². The van der Waals surface area contributed by atoms with Crippen LogP contribution in [0.2, 0.25) is 5.02 Å². The number of hydrogen-bond acceptors (Lipinski definition) is 6. The molecule has 2 N–H and O–H groups in total. The van der Waals surface area contributed by atoms with Crippen LogP contribution < -0.4 is 15.4 Å². The van der Waals surface area contributed by atoms with E-state index >= 15 is 0 Å². The monoisotopic (exact) mass is 409 g/mol. The molecule has 3 aliphatic heterocycles. The van der Waals surface area contributed by atoms with Crippen LogP contribution in [0.25, 0.3) is 0 Å². The van der Waals surface area contributed by atoms with Crippen molar-refractivity contribution >= 4 is 35.1 Å². The van der Waals surface area contributed by atoms with E-state index < -0.39 is 18.5 Å². The number of nitrogens with one attached hydrogen (secondary N) is 2. The Balaban J connectivity index is 1.76. The van der Waals surface area contributed by atoms with E-state index in [0.29, 0.717) is 5.92 Å². The van der Waals surface area contributed by atoms with Crippen molar-refractivity contribution in [2.24, 2.45) is 5.92 Å². The zero-order chi connectivity index (χ0) is 20.3. The molecule has 0 aromatic heterocycles. The average molecular weight is 410 g/mol. The number of halogens is 1. The lowest BCUT2D eigenvalue weighted by Crippen LogP contribution is -2.57. The van der Waals surface area contributed by atoms with Crippen LogP contribution in [0.1, 0.15) is 30.1 Å². The van der Waals surface area contributed by atoms with Crippen LogP contribution in [-0.2, 0) is 14.3 Å². The highest BCUT2D eigenvalue weighted by Gasteiger charge is 2.35. The minimum atomic E-state index is -0.564. The van der Waals surface area contributed by atoms with E-state index in [2.05, 4.69) is 20.3 Å². The molecule has 0 saturated carbocycles. The second kappa shape index (κ2) is 8.79. The number of hydrogen-bond donors (Lipinski definition) is 2. The maximum Gasteiger partial charge on any atom is 0.303 e. The molecule has 0 radical (unpaired) electrons. The quantitative estimate of drug-likeness (QED) is 0.694. The maximum atomic E-state index is 12.9. The first-order valence-corrected chi connectivity index (χ1v) is 9.59. The van der Waals surface area contributed by atoms with Gasteiger partial charge in [0.25, 0.3) is 11.8 Å². The van der Waals surface area contributed by atoms with Crippen LogP contribution in [0.15, 0.2) is 12.1 Å². The highest BCUT2D eigenvalue weighted by atomic mass is 35.5. The lowest BCUT2D eigenvalue weighted by molar-refractivity contribution is -0.144. The Morgan fingerprint density at radius 2 is 1.96 bits per heavy atom. The van der Waals surface area contributed by atoms with E-state index in [4.69, 9.17) is 16.3 Å². The Hall–Kier alpha value is -2.32. The van der Waals surface area contributed by atoms with Gasteiger partial charge in [0.15, 0.2) is 12.4 Å². The summed E-state index contributed by atoms with van der Waals surface area (Å²) in [4.78, 5) is 38.1. The number of rotatable bonds is 6. The van der Waals surface area contributed by atoms with E-state index in [1.165, 1.54) is 26.2 Å². The highest BCUT2D eigenvalue weighted by Crippen LogP contribution is 2.34. The number of esters is 1. The average Bonchev–Trinajstić information content (AvgIpc) is 2.67. The van der Waals surface area contributed by atoms with Gasteiger partial charge in [0.05, 0.1) is 18.4 Å². The Bertz CT molecular complexity index is 777. The van der Waals surface area contributed by atoms with Gasteiger partial charge in [0, 0.05) is 24.5 Å². The molecule has 3 fully saturated rings. The number of fused-ring (bicyclic) bond motifs is 3. The summed E-state index contributed by atoms with van der Waals surface area (Å²) in [6.45, 7) is 3.77. The fraction of sp³-hybridized carbons (Fsp3) is 0.526. The minimum Gasteiger partial charge on any atom is -0.494 e. The zero-order valence-electron chi connectivity index (χ0n) is 15.9. The molecule has 1 atom stereocenters. The van der Waals surface area contributed by atoms with Crippen LogP contribution in [0.4, 0.5) is 5.69 Å². The number of amides is 2. The fourth-order valence-corrected chi connectivity index (χ4v) is 4.02. The van der Waals surface area contributed by atoms with E-state index in [1.54, 1.807) is 0 Å². The van der Waals surface area contributed by atoms with Crippen molar-refractivity contribution in [1.82, 2.24) is 10.2 Å². The number of ether oxygens (including phenoxy) is 2. The van der Waals surface area contributed by atoms with Gasteiger partial charge in [0.1, 0.15) is 0 Å². The summed E-state index contributed by atoms with van der Waals surface area (Å²) < 4.78 is 10.1. The molecule has 8 nitrogen and oxygen atoms in total. The predicted octanol–water partition coefficient (Wildman–Crippen LogP) is 1.67. The fourth-order valence-electron chi connectivity index (χ4n) is 3.80. The predicted molar refractivity (Wildman–Crippen MR) is 104 cm³/mol. The Morgan fingerprint density at radius 3 is 2.54 bits per heavy atom. The molecule has 28 heavy (non-hydrogen) atoms. The number of benzene rings is 1. The van der Waals surface area contributed by atoms with Gasteiger partial charge in [-0.05, 0) is 44.0 Å². The second-order valence-corrected chi connectivity index (χ2v) is 7.52. The van der Waals surface area contributed by atoms with Crippen LogP contribution in [0, 0.1) is 5.92 Å². The van der Waals surface area contributed by atoms with Gasteiger partial charge in [-0.15, -0.1) is 0 Å². The molecule has 2 amide bonds. The molecule has 4 rings (SSSR count). The van der Waals surface area contributed by atoms with Crippen molar-refractivity contribution in [3.8, 4) is 5.75 Å². The standard InChI is InChI=1S/C19H24ClN3O5/c1-11(24)28-10-17(25)21-15-8-13(20)7-14(18(15)27-2)19(26)22-16-9-23-5-3-12(16)4-6-23/h7-8,12,16H,3-6,9-10H2,1-2H3,(H,21,25)(H,22,26). The lowest BCUT2D eigenvalue weighted by atomic mass is 9.84. The van der Waals surface area contributed by atoms with Crippen molar-refractivity contribution in [1.29, 1.82) is 0 Å². The van der Waals surface area contributed by atoms with Gasteiger partial charge in [-0.1, -0.05) is 11.6 Å². The van der Waals surface area contributed by atoms with Gasteiger partial charge in [-0.2, -0.15) is 0 Å². The van der Waals surface area contributed by atoms with Gasteiger partial charge < -0.3 is 25.0 Å². The Morgan fingerprint density at radius 1 is 1.25 bits per heavy atom. The molecule has 3 heterocycles. The smallest absolute Gasteiger partial charge is 0.303 e. The number of nitrogens with zero attached hydrogens (tertiary/aromatic N) is 1. The third kappa shape index (κ3) is 4.74. The molecular formula is C19H24ClN3O5. The molecule has 1 aromatic rings. The van der Waals surface area contributed by atoms with E-state index in [-0.39, 0.29) is 34.0 Å². The summed E-state index contributed by atoms with van der Waals surface area (Å²) in [5.74, 6) is -0.736. The lowest BCUT2D eigenvalue weighted by Gasteiger charge is -2.44. The molecule has 1 unspecified atom stereocenters. The van der Waals surface area contributed by atoms with Crippen LogP contribution in [0.5, 0.6) is 5.75 Å². The van der Waals surface area contributed by atoms with Crippen molar-refractivity contribution in [3.05, 3.63) is 22.7 Å². The van der Waals surface area contributed by atoms with Gasteiger partial charge in [0.2, 0.25) is 0 Å². The number of piperidine rings is 3. The normalized spacial score (nSPS) is 23.0. The third-order valence-electron chi connectivity index (χ3n) is 5.16. The summed E-state index contributed by atoms with van der Waals surface area (Å²) in [5.41, 5.74) is 0.487. The minimum absolute atomic E-state index is 0.0840. The summed E-state index contributed by atoms with van der Waals surface area (Å²) in [5, 5.41) is 5.94. The number of carbonyl (C=O) groups is 3. The highest BCUT2D eigenvalue weighted by molar-refractivity contribution is 6.31. The van der Waals surface area contributed by atoms with Crippen LogP contribution in [0.3, 0.4) is 0 Å². The topological polar surface area (TPSA) is 97.0 Å². The van der Waals surface area contributed by atoms with E-state index in [1.807, 2.05) is 0 Å². The number of methoxy groups -OCH3 is 1. The molecule has 9 heteroatoms. The first-order valence-electron chi connectivity index (χ1n) is 9.21. The van der Waals surface area contributed by atoms with Crippen LogP contribution in [-0.4, -0.2) is 62.1 Å². The van der Waals surface area contributed by atoms with Gasteiger partial charge in [-0.3, -0.25) is 14.4 Å². The van der Waals surface area contributed by atoms with E-state index in [9.17, 15) is 14.4 Å². The van der Waals surface area contributed by atoms with E-state index in [0.717, 1.165) is 32.5 Å². The third-order valence-corrected chi connectivity index (χ3v) is 5.37. The number of carbonyl (C=O) groups excluding carboxylic acids is 3. The Labute approximate surface area is 168 Å². The molecule has 2 bridgehead atoms. The molecule has 3 saturated heterocycles. The first-order chi connectivity index (χ1) is 13.4. The van der Waals surface area contributed by atoms with Crippen molar-refractivity contribution in [2.75, 3.05) is 38.7 Å². The zero-order valence-corrected chi connectivity index (χ0v) is 16.7.